The van der Waals surface area contributed by atoms with Crippen molar-refractivity contribution >= 4 is 16.6 Å². The van der Waals surface area contributed by atoms with Crippen LogP contribution in [0.1, 0.15) is 33.3 Å². The van der Waals surface area contributed by atoms with Crippen molar-refractivity contribution in [1.82, 2.24) is 9.55 Å². The number of hydrogen-bond donors (Lipinski definition) is 0. The van der Waals surface area contributed by atoms with Gasteiger partial charge < -0.3 is 4.57 Å². The van der Waals surface area contributed by atoms with Crippen molar-refractivity contribution in [3.05, 3.63) is 133 Å². The molecule has 2 nitrogen and oxygen atoms in total. The molecule has 0 aliphatic heterocycles. The summed E-state index contributed by atoms with van der Waals surface area (Å²) in [6, 6.07) is 16.6. The van der Waals surface area contributed by atoms with Crippen LogP contribution >= 0.6 is 0 Å². The number of aryl methyl sites for hydroxylation is 1. The average Bonchev–Trinajstić information content (AvgIpc) is 3.22. The first kappa shape index (κ1) is 26.3. The summed E-state index contributed by atoms with van der Waals surface area (Å²) in [4.78, 5) is 4.81. The number of aromatic nitrogens is 2. The molecule has 1 heterocycles. The molecule has 0 fully saturated rings. The quantitative estimate of drug-likeness (QED) is 0.314. The molecule has 0 aliphatic carbocycles. The SMILES string of the molecule is C=C/C=C/C(=C)/C(=C\C(=C)/C(C)=C/C=C\C)c1ccc(-c2nc3ccccc3n2C)cc1.CC. The van der Waals surface area contributed by atoms with Crippen molar-refractivity contribution in [2.24, 2.45) is 7.05 Å². The first-order valence-electron chi connectivity index (χ1n) is 11.7. The summed E-state index contributed by atoms with van der Waals surface area (Å²) in [6.45, 7) is 20.4. The van der Waals surface area contributed by atoms with Gasteiger partial charge in [-0.3, -0.25) is 0 Å². The van der Waals surface area contributed by atoms with Crippen molar-refractivity contribution in [1.29, 1.82) is 0 Å². The van der Waals surface area contributed by atoms with E-state index in [1.807, 2.05) is 63.3 Å². The number of allylic oxidation sites excluding steroid dienone is 11. The van der Waals surface area contributed by atoms with Crippen LogP contribution in [0.25, 0.3) is 28.0 Å². The highest BCUT2D eigenvalue weighted by molar-refractivity contribution is 5.85. The van der Waals surface area contributed by atoms with Crippen LogP contribution in [0.4, 0.5) is 0 Å². The number of benzene rings is 2. The van der Waals surface area contributed by atoms with Gasteiger partial charge in [0.05, 0.1) is 11.0 Å². The Morgan fingerprint density at radius 3 is 2.24 bits per heavy atom. The van der Waals surface area contributed by atoms with Gasteiger partial charge in [-0.25, -0.2) is 4.98 Å². The van der Waals surface area contributed by atoms with E-state index < -0.39 is 0 Å². The van der Waals surface area contributed by atoms with Gasteiger partial charge in [-0.2, -0.15) is 0 Å². The molecule has 0 saturated heterocycles. The van der Waals surface area contributed by atoms with Gasteiger partial charge in [0, 0.05) is 12.6 Å². The maximum atomic E-state index is 4.81. The fraction of sp³-hybridized carbons (Fsp3) is 0.156. The molecule has 174 valence electrons. The van der Waals surface area contributed by atoms with Crippen LogP contribution in [0.15, 0.2) is 128 Å². The fourth-order valence-corrected chi connectivity index (χ4v) is 3.47. The highest BCUT2D eigenvalue weighted by Crippen LogP contribution is 2.29. The molecule has 3 rings (SSSR count). The second-order valence-corrected chi connectivity index (χ2v) is 7.64. The molecular formula is C32H36N2. The van der Waals surface area contributed by atoms with E-state index in [4.69, 9.17) is 4.98 Å². The largest absolute Gasteiger partial charge is 0.327 e. The fourth-order valence-electron chi connectivity index (χ4n) is 3.47. The zero-order valence-corrected chi connectivity index (χ0v) is 21.2. The van der Waals surface area contributed by atoms with Crippen LogP contribution in [0.3, 0.4) is 0 Å². The number of imidazole rings is 1. The van der Waals surface area contributed by atoms with E-state index in [2.05, 4.69) is 80.8 Å². The Morgan fingerprint density at radius 1 is 0.941 bits per heavy atom. The Kier molecular flexibility index (Phi) is 10.0. The van der Waals surface area contributed by atoms with Crippen LogP contribution in [0.5, 0.6) is 0 Å². The number of nitrogens with zero attached hydrogens (tertiary/aromatic N) is 2. The van der Waals surface area contributed by atoms with Crippen LogP contribution < -0.4 is 0 Å². The third kappa shape index (κ3) is 6.32. The first-order valence-corrected chi connectivity index (χ1v) is 11.7. The molecule has 0 aliphatic rings. The van der Waals surface area contributed by atoms with E-state index in [-0.39, 0.29) is 0 Å². The van der Waals surface area contributed by atoms with Crippen LogP contribution in [-0.2, 0) is 7.05 Å². The monoisotopic (exact) mass is 448 g/mol. The Balaban J connectivity index is 0.00000199. The second kappa shape index (κ2) is 13.0. The van der Waals surface area contributed by atoms with E-state index in [0.717, 1.165) is 50.3 Å². The van der Waals surface area contributed by atoms with E-state index in [0.29, 0.717) is 0 Å². The highest BCUT2D eigenvalue weighted by atomic mass is 15.1. The maximum absolute atomic E-state index is 4.81. The predicted octanol–water partition coefficient (Wildman–Crippen LogP) is 9.03. The van der Waals surface area contributed by atoms with Gasteiger partial charge in [0.1, 0.15) is 5.82 Å². The summed E-state index contributed by atoms with van der Waals surface area (Å²) in [6.07, 6.45) is 13.8. The summed E-state index contributed by atoms with van der Waals surface area (Å²) < 4.78 is 2.13. The van der Waals surface area contributed by atoms with Gasteiger partial charge in [-0.1, -0.05) is 106 Å². The first-order chi connectivity index (χ1) is 16.5. The average molecular weight is 449 g/mol. The summed E-state index contributed by atoms with van der Waals surface area (Å²) in [5, 5.41) is 0. The summed E-state index contributed by atoms with van der Waals surface area (Å²) in [5.74, 6) is 0.947. The topological polar surface area (TPSA) is 17.8 Å². The van der Waals surface area contributed by atoms with Crippen molar-refractivity contribution in [3.8, 4) is 11.4 Å². The van der Waals surface area contributed by atoms with Crippen molar-refractivity contribution in [3.63, 3.8) is 0 Å². The van der Waals surface area contributed by atoms with Gasteiger partial charge in [-0.15, -0.1) is 0 Å². The van der Waals surface area contributed by atoms with Crippen molar-refractivity contribution in [2.45, 2.75) is 27.7 Å². The van der Waals surface area contributed by atoms with Gasteiger partial charge in [0.25, 0.3) is 0 Å². The zero-order valence-electron chi connectivity index (χ0n) is 21.2. The minimum absolute atomic E-state index is 0.903. The molecule has 2 aromatic carbocycles. The standard InChI is InChI=1S/C30H30N2.C2H6/c1-7-9-13-22(3)24(5)21-27(23(4)14-10-8-2)25-17-19-26(20-18-25)30-31-28-15-11-12-16-29(28)32(30)6;1-2/h7-21H,2,4-5H2,1,3,6H3;1-2H3/b9-7-,14-10+,22-13+,27-21+;. The van der Waals surface area contributed by atoms with Crippen LogP contribution in [0, 0.1) is 0 Å². The molecule has 0 bridgehead atoms. The van der Waals surface area contributed by atoms with Crippen LogP contribution in [-0.4, -0.2) is 9.55 Å². The van der Waals surface area contributed by atoms with Crippen LogP contribution in [0.2, 0.25) is 0 Å². The lowest BCUT2D eigenvalue weighted by Crippen LogP contribution is -1.94. The molecule has 34 heavy (non-hydrogen) atoms. The smallest absolute Gasteiger partial charge is 0.140 e. The molecule has 2 heteroatoms. The van der Waals surface area contributed by atoms with Crippen molar-refractivity contribution in [2.75, 3.05) is 0 Å². The summed E-state index contributed by atoms with van der Waals surface area (Å²) in [7, 11) is 2.05. The Labute approximate surface area is 205 Å². The number of hydrogen-bond acceptors (Lipinski definition) is 1. The number of para-hydroxylation sites is 2. The highest BCUT2D eigenvalue weighted by Gasteiger charge is 2.11. The van der Waals surface area contributed by atoms with E-state index in [1.54, 1.807) is 6.08 Å². The second-order valence-electron chi connectivity index (χ2n) is 7.64. The Bertz CT molecular complexity index is 1270. The molecule has 0 unspecified atom stereocenters. The summed E-state index contributed by atoms with van der Waals surface area (Å²) >= 11 is 0. The third-order valence-electron chi connectivity index (χ3n) is 5.38. The summed E-state index contributed by atoms with van der Waals surface area (Å²) in [5.41, 5.74) is 8.25. The van der Waals surface area contributed by atoms with E-state index in [9.17, 15) is 0 Å². The Morgan fingerprint density at radius 2 is 1.62 bits per heavy atom. The molecule has 0 spiro atoms. The molecular weight excluding hydrogens is 412 g/mol. The Hall–Kier alpha value is -3.91. The number of fused-ring (bicyclic) bond motifs is 1. The van der Waals surface area contributed by atoms with Crippen molar-refractivity contribution < 1.29 is 0 Å². The van der Waals surface area contributed by atoms with E-state index >= 15 is 0 Å². The molecule has 0 radical (unpaired) electrons. The lowest BCUT2D eigenvalue weighted by molar-refractivity contribution is 0.959. The maximum Gasteiger partial charge on any atom is 0.140 e. The minimum atomic E-state index is 0.903. The molecule has 0 atom stereocenters. The molecule has 0 N–H and O–H groups in total. The predicted molar refractivity (Wildman–Crippen MR) is 152 cm³/mol. The molecule has 0 saturated carbocycles. The van der Waals surface area contributed by atoms with Gasteiger partial charge in [0.15, 0.2) is 0 Å². The van der Waals surface area contributed by atoms with E-state index in [1.165, 1.54) is 0 Å². The molecule has 0 amide bonds. The van der Waals surface area contributed by atoms with Gasteiger partial charge >= 0.3 is 0 Å². The minimum Gasteiger partial charge on any atom is -0.327 e. The zero-order chi connectivity index (χ0) is 25.1. The molecule has 1 aromatic heterocycles. The normalized spacial score (nSPS) is 12.1. The molecule has 3 aromatic rings. The van der Waals surface area contributed by atoms with Gasteiger partial charge in [-0.05, 0) is 59.9 Å². The number of rotatable bonds is 8. The third-order valence-corrected chi connectivity index (χ3v) is 5.38. The lowest BCUT2D eigenvalue weighted by atomic mass is 9.94. The van der Waals surface area contributed by atoms with Gasteiger partial charge in [0.2, 0.25) is 0 Å². The lowest BCUT2D eigenvalue weighted by Gasteiger charge is -2.11.